The molecule has 1 unspecified atom stereocenters. The third-order valence-electron chi connectivity index (χ3n) is 2.17. The van der Waals surface area contributed by atoms with Crippen LogP contribution in [0.4, 0.5) is 0 Å². The summed E-state index contributed by atoms with van der Waals surface area (Å²) in [7, 11) is -3.31. The summed E-state index contributed by atoms with van der Waals surface area (Å²) < 4.78 is 27.8. The fourth-order valence-electron chi connectivity index (χ4n) is 1.36. The van der Waals surface area contributed by atoms with Crippen LogP contribution >= 0.6 is 0 Å². The molecule has 0 bridgehead atoms. The minimum Gasteiger partial charge on any atom is -0.328 e. The summed E-state index contributed by atoms with van der Waals surface area (Å²) in [6.07, 6.45) is 2.31. The maximum atomic E-state index is 11.9. The Bertz CT molecular complexity index is 259. The number of nitrogens with two attached hydrogens (primary N) is 1. The van der Waals surface area contributed by atoms with Gasteiger partial charge in [0.2, 0.25) is 0 Å². The molecule has 5 nitrogen and oxygen atoms in total. The number of nitrogens with zero attached hydrogens (tertiary/aromatic N) is 1. The Morgan fingerprint density at radius 1 is 1.25 bits per heavy atom. The highest BCUT2D eigenvalue weighted by molar-refractivity contribution is 7.87. The fourth-order valence-corrected chi connectivity index (χ4v) is 2.76. The molecule has 98 valence electrons. The largest absolute Gasteiger partial charge is 0.328 e. The summed E-state index contributed by atoms with van der Waals surface area (Å²) in [5.74, 6) is 0. The first-order chi connectivity index (χ1) is 7.44. The Morgan fingerprint density at radius 3 is 2.12 bits per heavy atom. The zero-order chi connectivity index (χ0) is 12.6. The molecule has 0 aliphatic rings. The van der Waals surface area contributed by atoms with Gasteiger partial charge in [0.15, 0.2) is 0 Å². The Morgan fingerprint density at radius 2 is 1.75 bits per heavy atom. The second kappa shape index (κ2) is 8.00. The number of nitrogens with one attached hydrogen (secondary N) is 1. The molecule has 3 N–H and O–H groups in total. The smallest absolute Gasteiger partial charge is 0.279 e. The molecule has 1 atom stereocenters. The lowest BCUT2D eigenvalue weighted by atomic mass is 10.3. The van der Waals surface area contributed by atoms with E-state index in [9.17, 15) is 8.42 Å². The second-order valence-electron chi connectivity index (χ2n) is 4.06. The van der Waals surface area contributed by atoms with Crippen LogP contribution in [-0.4, -0.2) is 38.4 Å². The lowest BCUT2D eigenvalue weighted by molar-refractivity contribution is 0.401. The minimum atomic E-state index is -3.31. The van der Waals surface area contributed by atoms with Crippen molar-refractivity contribution in [3.8, 4) is 0 Å². The van der Waals surface area contributed by atoms with Crippen LogP contribution in [0.1, 0.15) is 40.0 Å². The highest BCUT2D eigenvalue weighted by atomic mass is 32.2. The van der Waals surface area contributed by atoms with Gasteiger partial charge in [-0.15, -0.1) is 0 Å². The molecule has 6 heteroatoms. The van der Waals surface area contributed by atoms with Crippen LogP contribution in [0.2, 0.25) is 0 Å². The van der Waals surface area contributed by atoms with Crippen molar-refractivity contribution in [1.29, 1.82) is 0 Å². The molecular formula is C10H25N3O2S. The van der Waals surface area contributed by atoms with E-state index < -0.39 is 10.2 Å². The Balaban J connectivity index is 4.24. The molecule has 16 heavy (non-hydrogen) atoms. The topological polar surface area (TPSA) is 75.4 Å². The molecule has 0 saturated heterocycles. The van der Waals surface area contributed by atoms with Gasteiger partial charge in [-0.25, -0.2) is 4.72 Å². The average molecular weight is 251 g/mol. The number of hydrogen-bond acceptors (Lipinski definition) is 3. The second-order valence-corrected chi connectivity index (χ2v) is 5.82. The van der Waals surface area contributed by atoms with Gasteiger partial charge < -0.3 is 5.73 Å². The molecule has 0 heterocycles. The Kier molecular flexibility index (Phi) is 7.91. The van der Waals surface area contributed by atoms with Crippen LogP contribution in [0.15, 0.2) is 0 Å². The molecule has 0 fully saturated rings. The summed E-state index contributed by atoms with van der Waals surface area (Å²) in [5, 5.41) is 0. The van der Waals surface area contributed by atoms with Gasteiger partial charge in [0.25, 0.3) is 10.2 Å². The van der Waals surface area contributed by atoms with Crippen LogP contribution in [0.25, 0.3) is 0 Å². The van der Waals surface area contributed by atoms with E-state index >= 15 is 0 Å². The van der Waals surface area contributed by atoms with Gasteiger partial charge in [0.05, 0.1) is 0 Å². The monoisotopic (exact) mass is 251 g/mol. The van der Waals surface area contributed by atoms with Crippen LogP contribution < -0.4 is 10.5 Å². The van der Waals surface area contributed by atoms with Gasteiger partial charge in [-0.05, 0) is 26.2 Å². The summed E-state index contributed by atoms with van der Waals surface area (Å²) in [4.78, 5) is 0. The molecule has 0 aromatic heterocycles. The number of rotatable bonds is 9. The summed E-state index contributed by atoms with van der Waals surface area (Å²) in [6, 6.07) is 0.0218. The Hall–Kier alpha value is -0.170. The van der Waals surface area contributed by atoms with Gasteiger partial charge in [0.1, 0.15) is 0 Å². The van der Waals surface area contributed by atoms with E-state index in [1.54, 1.807) is 0 Å². The van der Waals surface area contributed by atoms with Crippen molar-refractivity contribution in [1.82, 2.24) is 9.03 Å². The van der Waals surface area contributed by atoms with Crippen LogP contribution in [0, 0.1) is 0 Å². The van der Waals surface area contributed by atoms with E-state index in [-0.39, 0.29) is 6.04 Å². The first kappa shape index (κ1) is 15.8. The molecule has 0 radical (unpaired) electrons. The van der Waals surface area contributed by atoms with Crippen molar-refractivity contribution in [2.75, 3.05) is 19.6 Å². The van der Waals surface area contributed by atoms with Crippen molar-refractivity contribution in [2.24, 2.45) is 5.73 Å². The van der Waals surface area contributed by atoms with Crippen LogP contribution in [0.5, 0.6) is 0 Å². The molecule has 0 aliphatic carbocycles. The van der Waals surface area contributed by atoms with Crippen molar-refractivity contribution in [2.45, 2.75) is 46.1 Å². The van der Waals surface area contributed by atoms with Crippen molar-refractivity contribution < 1.29 is 8.42 Å². The molecule has 0 spiro atoms. The summed E-state index contributed by atoms with van der Waals surface area (Å²) >= 11 is 0. The first-order valence-corrected chi connectivity index (χ1v) is 7.38. The molecule has 0 amide bonds. The predicted octanol–water partition coefficient (Wildman–Crippen LogP) is 0.680. The third kappa shape index (κ3) is 6.42. The van der Waals surface area contributed by atoms with E-state index in [4.69, 9.17) is 5.73 Å². The zero-order valence-electron chi connectivity index (χ0n) is 10.6. The van der Waals surface area contributed by atoms with Crippen LogP contribution in [0.3, 0.4) is 0 Å². The molecule has 0 aromatic rings. The van der Waals surface area contributed by atoms with Crippen molar-refractivity contribution >= 4 is 10.2 Å². The fraction of sp³-hybridized carbons (Fsp3) is 1.00. The molecule has 0 aliphatic heterocycles. The van der Waals surface area contributed by atoms with Gasteiger partial charge in [-0.1, -0.05) is 13.8 Å². The minimum absolute atomic E-state index is 0.0218. The quantitative estimate of drug-likeness (QED) is 0.633. The average Bonchev–Trinajstić information content (AvgIpc) is 2.16. The zero-order valence-corrected chi connectivity index (χ0v) is 11.4. The lowest BCUT2D eigenvalue weighted by Crippen LogP contribution is -2.42. The highest BCUT2D eigenvalue weighted by Gasteiger charge is 2.19. The normalized spacial score (nSPS) is 14.3. The molecule has 0 saturated carbocycles. The van der Waals surface area contributed by atoms with Crippen LogP contribution in [-0.2, 0) is 10.2 Å². The first-order valence-electron chi connectivity index (χ1n) is 5.94. The number of hydrogen-bond donors (Lipinski definition) is 2. The standard InChI is InChI=1S/C10H25N3O2S/c1-4-8-13(9-5-2)16(14,15)12-7-6-10(3)11/h10,12H,4-9,11H2,1-3H3. The SMILES string of the molecule is CCCN(CCC)S(=O)(=O)NCCC(C)N. The molecule has 0 rings (SSSR count). The van der Waals surface area contributed by atoms with Gasteiger partial charge in [-0.3, -0.25) is 0 Å². The maximum Gasteiger partial charge on any atom is 0.279 e. The van der Waals surface area contributed by atoms with E-state index in [1.165, 1.54) is 4.31 Å². The van der Waals surface area contributed by atoms with E-state index in [1.807, 2.05) is 20.8 Å². The highest BCUT2D eigenvalue weighted by Crippen LogP contribution is 2.01. The van der Waals surface area contributed by atoms with Gasteiger partial charge in [0, 0.05) is 25.7 Å². The Labute approximate surface area is 99.6 Å². The van der Waals surface area contributed by atoms with E-state index in [0.29, 0.717) is 26.1 Å². The van der Waals surface area contributed by atoms with Crippen molar-refractivity contribution in [3.63, 3.8) is 0 Å². The molecular weight excluding hydrogens is 226 g/mol. The maximum absolute atomic E-state index is 11.9. The van der Waals surface area contributed by atoms with E-state index in [0.717, 1.165) is 12.8 Å². The summed E-state index contributed by atoms with van der Waals surface area (Å²) in [5.41, 5.74) is 5.57. The van der Waals surface area contributed by atoms with Crippen molar-refractivity contribution in [3.05, 3.63) is 0 Å². The van der Waals surface area contributed by atoms with Gasteiger partial charge in [-0.2, -0.15) is 12.7 Å². The van der Waals surface area contributed by atoms with E-state index in [2.05, 4.69) is 4.72 Å². The third-order valence-corrected chi connectivity index (χ3v) is 3.78. The lowest BCUT2D eigenvalue weighted by Gasteiger charge is -2.21. The summed E-state index contributed by atoms with van der Waals surface area (Å²) in [6.45, 7) is 7.36. The predicted molar refractivity (Wildman–Crippen MR) is 67.3 cm³/mol. The molecule has 0 aromatic carbocycles. The van der Waals surface area contributed by atoms with Gasteiger partial charge >= 0.3 is 0 Å².